The molecule has 1 aromatic heterocycles. The van der Waals surface area contributed by atoms with Crippen LogP contribution in [0.4, 0.5) is 5.82 Å². The summed E-state index contributed by atoms with van der Waals surface area (Å²) in [6, 6.07) is 18.5. The second-order valence-corrected chi connectivity index (χ2v) is 8.81. The van der Waals surface area contributed by atoms with Gasteiger partial charge in [0, 0.05) is 42.2 Å². The largest absolute Gasteiger partial charge is 0.356 e. The maximum Gasteiger partial charge on any atom is 0.223 e. The Balaban J connectivity index is 1.32. The van der Waals surface area contributed by atoms with Crippen LogP contribution < -0.4 is 10.2 Å². The minimum absolute atomic E-state index is 0.0554. The summed E-state index contributed by atoms with van der Waals surface area (Å²) in [4.78, 5) is 25.4. The van der Waals surface area contributed by atoms with Crippen LogP contribution in [0.25, 0.3) is 11.4 Å². The number of thioether (sulfide) groups is 1. The Bertz CT molecular complexity index is 1030. The molecule has 160 valence electrons. The van der Waals surface area contributed by atoms with Crippen molar-refractivity contribution in [3.05, 3.63) is 71.9 Å². The number of hydrogen-bond donors (Lipinski definition) is 1. The van der Waals surface area contributed by atoms with E-state index in [0.29, 0.717) is 6.54 Å². The first kappa shape index (κ1) is 21.4. The lowest BCUT2D eigenvalue weighted by Gasteiger charge is -2.32. The van der Waals surface area contributed by atoms with Crippen LogP contribution in [0.2, 0.25) is 0 Å². The van der Waals surface area contributed by atoms with Crippen LogP contribution in [0, 0.1) is 12.8 Å². The van der Waals surface area contributed by atoms with Crippen LogP contribution in [-0.4, -0.2) is 35.2 Å². The molecule has 2 aromatic carbocycles. The fraction of sp³-hybridized carbons (Fsp3) is 0.320. The average molecular weight is 433 g/mol. The van der Waals surface area contributed by atoms with Crippen LogP contribution >= 0.6 is 11.8 Å². The van der Waals surface area contributed by atoms with E-state index in [1.165, 1.54) is 10.5 Å². The van der Waals surface area contributed by atoms with Crippen LogP contribution in [0.3, 0.4) is 0 Å². The zero-order valence-electron chi connectivity index (χ0n) is 18.0. The number of nitrogens with one attached hydrogen (secondary N) is 1. The van der Waals surface area contributed by atoms with Crippen LogP contribution in [-0.2, 0) is 11.3 Å². The summed E-state index contributed by atoms with van der Waals surface area (Å²) in [5, 5.41) is 3.11. The summed E-state index contributed by atoms with van der Waals surface area (Å²) in [5.74, 6) is 1.88. The van der Waals surface area contributed by atoms with Gasteiger partial charge in [0.1, 0.15) is 5.82 Å². The Morgan fingerprint density at radius 1 is 1.13 bits per heavy atom. The maximum absolute atomic E-state index is 12.6. The predicted octanol–water partition coefficient (Wildman–Crippen LogP) is 4.71. The van der Waals surface area contributed by atoms with Gasteiger partial charge in [-0.1, -0.05) is 35.9 Å². The summed E-state index contributed by atoms with van der Waals surface area (Å²) in [5.41, 5.74) is 3.36. The fourth-order valence-electron chi connectivity index (χ4n) is 3.90. The first-order valence-electron chi connectivity index (χ1n) is 10.7. The molecule has 5 nitrogen and oxygen atoms in total. The number of rotatable bonds is 6. The van der Waals surface area contributed by atoms with Crippen molar-refractivity contribution in [2.75, 3.05) is 24.2 Å². The van der Waals surface area contributed by atoms with Crippen molar-refractivity contribution < 1.29 is 4.79 Å². The van der Waals surface area contributed by atoms with Gasteiger partial charge in [-0.05, 0) is 55.9 Å². The first-order chi connectivity index (χ1) is 15.1. The quantitative estimate of drug-likeness (QED) is 0.572. The van der Waals surface area contributed by atoms with E-state index in [1.807, 2.05) is 24.4 Å². The van der Waals surface area contributed by atoms with Gasteiger partial charge in [0.05, 0.1) is 0 Å². The van der Waals surface area contributed by atoms with Gasteiger partial charge >= 0.3 is 0 Å². The second kappa shape index (κ2) is 9.96. The fourth-order valence-corrected chi connectivity index (χ4v) is 4.30. The molecule has 1 amide bonds. The third-order valence-electron chi connectivity index (χ3n) is 5.73. The van der Waals surface area contributed by atoms with Crippen LogP contribution in [0.5, 0.6) is 0 Å². The van der Waals surface area contributed by atoms with Gasteiger partial charge in [-0.15, -0.1) is 11.8 Å². The number of anilines is 1. The molecule has 31 heavy (non-hydrogen) atoms. The smallest absolute Gasteiger partial charge is 0.223 e. The van der Waals surface area contributed by atoms with Crippen molar-refractivity contribution in [3.63, 3.8) is 0 Å². The molecule has 1 fully saturated rings. The number of benzene rings is 2. The molecule has 2 heterocycles. The Morgan fingerprint density at radius 3 is 2.61 bits per heavy atom. The minimum Gasteiger partial charge on any atom is -0.356 e. The van der Waals surface area contributed by atoms with Gasteiger partial charge in [0.2, 0.25) is 5.91 Å². The van der Waals surface area contributed by atoms with Crippen molar-refractivity contribution in [1.29, 1.82) is 0 Å². The van der Waals surface area contributed by atoms with E-state index in [9.17, 15) is 4.79 Å². The SMILES string of the molecule is CSc1ccc(CNC(=O)C2CCN(c3ccnc(-c4cccc(C)c4)n3)CC2)cc1. The number of amides is 1. The highest BCUT2D eigenvalue weighted by Crippen LogP contribution is 2.24. The number of carbonyl (C=O) groups excluding carboxylic acids is 1. The lowest BCUT2D eigenvalue weighted by atomic mass is 9.96. The molecule has 1 saturated heterocycles. The highest BCUT2D eigenvalue weighted by molar-refractivity contribution is 7.98. The van der Waals surface area contributed by atoms with E-state index >= 15 is 0 Å². The van der Waals surface area contributed by atoms with E-state index in [-0.39, 0.29) is 11.8 Å². The van der Waals surface area contributed by atoms with Crippen molar-refractivity contribution in [1.82, 2.24) is 15.3 Å². The first-order valence-corrected chi connectivity index (χ1v) is 11.9. The van der Waals surface area contributed by atoms with Gasteiger partial charge in [-0.3, -0.25) is 4.79 Å². The van der Waals surface area contributed by atoms with Crippen molar-refractivity contribution in [2.45, 2.75) is 31.2 Å². The number of piperidine rings is 1. The Morgan fingerprint density at radius 2 is 1.90 bits per heavy atom. The molecule has 0 spiro atoms. The highest BCUT2D eigenvalue weighted by atomic mass is 32.2. The summed E-state index contributed by atoms with van der Waals surface area (Å²) in [7, 11) is 0. The van der Waals surface area contributed by atoms with Gasteiger partial charge in [-0.2, -0.15) is 0 Å². The summed E-state index contributed by atoms with van der Waals surface area (Å²) in [6.07, 6.45) is 5.55. The number of aromatic nitrogens is 2. The summed E-state index contributed by atoms with van der Waals surface area (Å²) < 4.78 is 0. The number of hydrogen-bond acceptors (Lipinski definition) is 5. The highest BCUT2D eigenvalue weighted by Gasteiger charge is 2.25. The Labute approximate surface area is 188 Å². The molecule has 0 radical (unpaired) electrons. The summed E-state index contributed by atoms with van der Waals surface area (Å²) in [6.45, 7) is 4.30. The normalized spacial score (nSPS) is 14.5. The van der Waals surface area contributed by atoms with Crippen molar-refractivity contribution in [2.24, 2.45) is 5.92 Å². The molecule has 1 N–H and O–H groups in total. The van der Waals surface area contributed by atoms with Gasteiger partial charge in [0.25, 0.3) is 0 Å². The topological polar surface area (TPSA) is 58.1 Å². The second-order valence-electron chi connectivity index (χ2n) is 7.94. The molecule has 0 aliphatic carbocycles. The molecular weight excluding hydrogens is 404 g/mol. The van der Waals surface area contributed by atoms with Gasteiger partial charge < -0.3 is 10.2 Å². The van der Waals surface area contributed by atoms with E-state index in [4.69, 9.17) is 4.98 Å². The molecule has 0 atom stereocenters. The molecule has 0 saturated carbocycles. The molecule has 0 bridgehead atoms. The molecule has 3 aromatic rings. The summed E-state index contributed by atoms with van der Waals surface area (Å²) >= 11 is 1.72. The monoisotopic (exact) mass is 432 g/mol. The molecule has 1 aliphatic heterocycles. The zero-order valence-corrected chi connectivity index (χ0v) is 18.9. The number of carbonyl (C=O) groups is 1. The van der Waals surface area contributed by atoms with Crippen molar-refractivity contribution in [3.8, 4) is 11.4 Å². The lowest BCUT2D eigenvalue weighted by Crippen LogP contribution is -2.40. The van der Waals surface area contributed by atoms with Gasteiger partial charge in [0.15, 0.2) is 5.82 Å². The third-order valence-corrected chi connectivity index (χ3v) is 6.48. The standard InChI is InChI=1S/C25H28N4OS/c1-18-4-3-5-21(16-18)24-26-13-10-23(28-24)29-14-11-20(12-15-29)25(30)27-17-19-6-8-22(31-2)9-7-19/h3-10,13,16,20H,11-12,14-15,17H2,1-2H3,(H,27,30). The number of aryl methyl sites for hydroxylation is 1. The van der Waals surface area contributed by atoms with E-state index in [0.717, 1.165) is 48.7 Å². The average Bonchev–Trinajstić information content (AvgIpc) is 2.83. The molecular formula is C25H28N4OS. The number of nitrogens with zero attached hydrogens (tertiary/aromatic N) is 3. The predicted molar refractivity (Wildman–Crippen MR) is 127 cm³/mol. The third kappa shape index (κ3) is 5.44. The van der Waals surface area contributed by atoms with E-state index in [1.54, 1.807) is 11.8 Å². The Hall–Kier alpha value is -2.86. The van der Waals surface area contributed by atoms with Crippen LogP contribution in [0.15, 0.2) is 65.7 Å². The maximum atomic E-state index is 12.6. The van der Waals surface area contributed by atoms with Crippen LogP contribution in [0.1, 0.15) is 24.0 Å². The lowest BCUT2D eigenvalue weighted by molar-refractivity contribution is -0.125. The minimum atomic E-state index is 0.0554. The Kier molecular flexibility index (Phi) is 6.87. The molecule has 1 aliphatic rings. The molecule has 6 heteroatoms. The van der Waals surface area contributed by atoms with Crippen molar-refractivity contribution >= 4 is 23.5 Å². The zero-order chi connectivity index (χ0) is 21.6. The van der Waals surface area contributed by atoms with E-state index < -0.39 is 0 Å². The van der Waals surface area contributed by atoms with Gasteiger partial charge in [-0.25, -0.2) is 9.97 Å². The molecule has 0 unspecified atom stereocenters. The van der Waals surface area contributed by atoms with E-state index in [2.05, 4.69) is 64.8 Å². The molecule has 4 rings (SSSR count).